The first-order chi connectivity index (χ1) is 10.6. The first kappa shape index (κ1) is 16.5. The number of amides is 1. The molecule has 0 aliphatic rings. The van der Waals surface area contributed by atoms with E-state index in [2.05, 4.69) is 5.32 Å². The highest BCUT2D eigenvalue weighted by atomic mass is 35.5. The van der Waals surface area contributed by atoms with Gasteiger partial charge in [0.15, 0.2) is 0 Å². The van der Waals surface area contributed by atoms with Gasteiger partial charge in [0.25, 0.3) is 0 Å². The fourth-order valence-corrected chi connectivity index (χ4v) is 2.58. The van der Waals surface area contributed by atoms with Gasteiger partial charge < -0.3 is 11.1 Å². The zero-order valence-corrected chi connectivity index (χ0v) is 13.4. The van der Waals surface area contributed by atoms with E-state index in [0.29, 0.717) is 11.4 Å². The molecule has 22 heavy (non-hydrogen) atoms. The topological polar surface area (TPSA) is 55.1 Å². The number of nitrogens with two attached hydrogens (primary N) is 1. The molecule has 2 aromatic rings. The zero-order chi connectivity index (χ0) is 15.9. The molecule has 0 bridgehead atoms. The molecule has 2 rings (SSSR count). The number of hydrogen-bond acceptors (Lipinski definition) is 2. The summed E-state index contributed by atoms with van der Waals surface area (Å²) in [7, 11) is 0. The van der Waals surface area contributed by atoms with Crippen molar-refractivity contribution in [2.75, 3.05) is 0 Å². The molecule has 0 aliphatic heterocycles. The maximum Gasteiger partial charge on any atom is 0.237 e. The highest BCUT2D eigenvalue weighted by Gasteiger charge is 2.20. The highest BCUT2D eigenvalue weighted by Crippen LogP contribution is 2.24. The third-order valence-corrected chi connectivity index (χ3v) is 3.77. The molecule has 0 fully saturated rings. The molecular weight excluding hydrogens is 296 g/mol. The van der Waals surface area contributed by atoms with E-state index in [1.165, 1.54) is 0 Å². The van der Waals surface area contributed by atoms with E-state index in [9.17, 15) is 4.79 Å². The van der Waals surface area contributed by atoms with Crippen molar-refractivity contribution in [3.8, 4) is 0 Å². The van der Waals surface area contributed by atoms with Crippen molar-refractivity contribution >= 4 is 17.5 Å². The average Bonchev–Trinajstić information content (AvgIpc) is 2.53. The van der Waals surface area contributed by atoms with E-state index in [0.717, 1.165) is 17.5 Å². The van der Waals surface area contributed by atoms with E-state index in [4.69, 9.17) is 17.3 Å². The lowest BCUT2D eigenvalue weighted by Gasteiger charge is -2.22. The molecule has 116 valence electrons. The van der Waals surface area contributed by atoms with Crippen molar-refractivity contribution in [3.63, 3.8) is 0 Å². The van der Waals surface area contributed by atoms with Crippen LogP contribution in [-0.2, 0) is 4.79 Å². The van der Waals surface area contributed by atoms with Crippen LogP contribution in [-0.4, -0.2) is 11.9 Å². The molecule has 4 heteroatoms. The fourth-order valence-electron chi connectivity index (χ4n) is 2.38. The SMILES string of the molecule is CCCC(N)C(=O)NC(c1ccccc1)c1cccc(Cl)c1. The third-order valence-electron chi connectivity index (χ3n) is 3.54. The van der Waals surface area contributed by atoms with E-state index >= 15 is 0 Å². The monoisotopic (exact) mass is 316 g/mol. The first-order valence-electron chi connectivity index (χ1n) is 7.48. The Balaban J connectivity index is 2.29. The van der Waals surface area contributed by atoms with Crippen LogP contribution < -0.4 is 11.1 Å². The van der Waals surface area contributed by atoms with Gasteiger partial charge in [-0.3, -0.25) is 4.79 Å². The summed E-state index contributed by atoms with van der Waals surface area (Å²) in [6.45, 7) is 2.01. The lowest BCUT2D eigenvalue weighted by Crippen LogP contribution is -2.42. The average molecular weight is 317 g/mol. The van der Waals surface area contributed by atoms with Crippen LogP contribution in [0.5, 0.6) is 0 Å². The molecule has 2 atom stereocenters. The van der Waals surface area contributed by atoms with Crippen LogP contribution in [0.4, 0.5) is 0 Å². The summed E-state index contributed by atoms with van der Waals surface area (Å²) >= 11 is 6.09. The summed E-state index contributed by atoms with van der Waals surface area (Å²) in [5, 5.41) is 3.68. The molecule has 0 heterocycles. The molecule has 1 amide bonds. The Morgan fingerprint density at radius 3 is 2.45 bits per heavy atom. The fraction of sp³-hybridized carbons (Fsp3) is 0.278. The summed E-state index contributed by atoms with van der Waals surface area (Å²) in [6, 6.07) is 16.6. The summed E-state index contributed by atoms with van der Waals surface area (Å²) in [5.41, 5.74) is 7.87. The highest BCUT2D eigenvalue weighted by molar-refractivity contribution is 6.30. The Hall–Kier alpha value is -1.84. The molecule has 2 aromatic carbocycles. The van der Waals surface area contributed by atoms with Crippen molar-refractivity contribution in [3.05, 3.63) is 70.7 Å². The number of carbonyl (C=O) groups excluding carboxylic acids is 1. The molecular formula is C18H21ClN2O. The van der Waals surface area contributed by atoms with Crippen molar-refractivity contribution < 1.29 is 4.79 Å². The summed E-state index contributed by atoms with van der Waals surface area (Å²) in [5.74, 6) is -0.143. The summed E-state index contributed by atoms with van der Waals surface area (Å²) < 4.78 is 0. The van der Waals surface area contributed by atoms with Crippen molar-refractivity contribution in [2.24, 2.45) is 5.73 Å². The zero-order valence-electron chi connectivity index (χ0n) is 12.6. The standard InChI is InChI=1S/C18H21ClN2O/c1-2-7-16(20)18(22)21-17(13-8-4-3-5-9-13)14-10-6-11-15(19)12-14/h3-6,8-12,16-17H,2,7,20H2,1H3,(H,21,22). The van der Waals surface area contributed by atoms with Crippen LogP contribution in [0, 0.1) is 0 Å². The second-order valence-corrected chi connectivity index (χ2v) is 5.74. The van der Waals surface area contributed by atoms with Gasteiger partial charge in [-0.15, -0.1) is 0 Å². The normalized spacial score (nSPS) is 13.4. The second-order valence-electron chi connectivity index (χ2n) is 5.30. The Labute approximate surface area is 136 Å². The van der Waals surface area contributed by atoms with Gasteiger partial charge in [-0.1, -0.05) is 67.4 Å². The molecule has 2 unspecified atom stereocenters. The number of rotatable bonds is 6. The van der Waals surface area contributed by atoms with E-state index in [1.54, 1.807) is 0 Å². The van der Waals surface area contributed by atoms with Gasteiger partial charge in [-0.25, -0.2) is 0 Å². The van der Waals surface area contributed by atoms with Crippen molar-refractivity contribution in [2.45, 2.75) is 31.8 Å². The third kappa shape index (κ3) is 4.33. The van der Waals surface area contributed by atoms with Gasteiger partial charge in [0.05, 0.1) is 12.1 Å². The Morgan fingerprint density at radius 2 is 1.82 bits per heavy atom. The van der Waals surface area contributed by atoms with Crippen LogP contribution in [0.15, 0.2) is 54.6 Å². The number of halogens is 1. The van der Waals surface area contributed by atoms with Gasteiger partial charge in [0.2, 0.25) is 5.91 Å². The summed E-state index contributed by atoms with van der Waals surface area (Å²) in [4.78, 5) is 12.3. The van der Waals surface area contributed by atoms with Gasteiger partial charge in [-0.05, 0) is 29.7 Å². The Bertz CT molecular complexity index is 615. The quantitative estimate of drug-likeness (QED) is 0.854. The Kier molecular flexibility index (Phi) is 5.99. The van der Waals surface area contributed by atoms with Gasteiger partial charge in [-0.2, -0.15) is 0 Å². The number of benzene rings is 2. The molecule has 0 spiro atoms. The van der Waals surface area contributed by atoms with Crippen molar-refractivity contribution in [1.82, 2.24) is 5.32 Å². The predicted molar refractivity (Wildman–Crippen MR) is 90.8 cm³/mol. The molecule has 0 saturated carbocycles. The minimum Gasteiger partial charge on any atom is -0.344 e. The molecule has 0 aromatic heterocycles. The van der Waals surface area contributed by atoms with E-state index in [-0.39, 0.29) is 11.9 Å². The van der Waals surface area contributed by atoms with Gasteiger partial charge in [0.1, 0.15) is 0 Å². The number of nitrogens with one attached hydrogen (secondary N) is 1. The predicted octanol–water partition coefficient (Wildman–Crippen LogP) is 3.67. The van der Waals surface area contributed by atoms with Crippen LogP contribution in [0.1, 0.15) is 36.9 Å². The van der Waals surface area contributed by atoms with Gasteiger partial charge >= 0.3 is 0 Å². The van der Waals surface area contributed by atoms with Crippen LogP contribution >= 0.6 is 11.6 Å². The molecule has 3 nitrogen and oxygen atoms in total. The van der Waals surface area contributed by atoms with Gasteiger partial charge in [0, 0.05) is 5.02 Å². The largest absolute Gasteiger partial charge is 0.344 e. The second kappa shape index (κ2) is 7.97. The lowest BCUT2D eigenvalue weighted by atomic mass is 9.98. The van der Waals surface area contributed by atoms with Crippen LogP contribution in [0.3, 0.4) is 0 Å². The van der Waals surface area contributed by atoms with Crippen molar-refractivity contribution in [1.29, 1.82) is 0 Å². The summed E-state index contributed by atoms with van der Waals surface area (Å²) in [6.07, 6.45) is 1.55. The van der Waals surface area contributed by atoms with E-state index < -0.39 is 6.04 Å². The minimum atomic E-state index is -0.490. The Morgan fingerprint density at radius 1 is 1.14 bits per heavy atom. The van der Waals surface area contributed by atoms with E-state index in [1.807, 2.05) is 61.5 Å². The number of hydrogen-bond donors (Lipinski definition) is 2. The minimum absolute atomic E-state index is 0.143. The first-order valence-corrected chi connectivity index (χ1v) is 7.86. The lowest BCUT2D eigenvalue weighted by molar-refractivity contribution is -0.123. The smallest absolute Gasteiger partial charge is 0.237 e. The molecule has 3 N–H and O–H groups in total. The maximum absolute atomic E-state index is 12.3. The molecule has 0 radical (unpaired) electrons. The number of carbonyl (C=O) groups is 1. The maximum atomic E-state index is 12.3. The molecule has 0 saturated heterocycles. The molecule has 0 aliphatic carbocycles. The van der Waals surface area contributed by atoms with Crippen LogP contribution in [0.2, 0.25) is 5.02 Å². The van der Waals surface area contributed by atoms with Crippen LogP contribution in [0.25, 0.3) is 0 Å².